The molecule has 0 saturated carbocycles. The first-order valence-corrected chi connectivity index (χ1v) is 6.48. The van der Waals surface area contributed by atoms with E-state index in [-0.39, 0.29) is 5.92 Å². The fourth-order valence-corrected chi connectivity index (χ4v) is 2.84. The molecule has 1 N–H and O–H groups in total. The van der Waals surface area contributed by atoms with Crippen molar-refractivity contribution in [3.05, 3.63) is 23.8 Å². The summed E-state index contributed by atoms with van der Waals surface area (Å²) in [6.07, 6.45) is 0.611. The van der Waals surface area contributed by atoms with Crippen molar-refractivity contribution in [2.45, 2.75) is 26.2 Å². The van der Waals surface area contributed by atoms with Gasteiger partial charge in [-0.15, -0.1) is 0 Å². The van der Waals surface area contributed by atoms with E-state index < -0.39 is 11.4 Å². The molecule has 19 heavy (non-hydrogen) atoms. The van der Waals surface area contributed by atoms with Gasteiger partial charge in [-0.25, -0.2) is 0 Å². The number of nitrogens with zero attached hydrogens (tertiary/aromatic N) is 1. The van der Waals surface area contributed by atoms with Crippen molar-refractivity contribution in [2.24, 2.45) is 5.41 Å². The Balaban J connectivity index is 2.36. The smallest absolute Gasteiger partial charge is 0.309 e. The number of likely N-dealkylation sites (N-methyl/N-ethyl adjacent to an activating group) is 1. The third kappa shape index (κ3) is 2.39. The standard InChI is InChI=1S/C15H21NO3/c1-15(2,14(17)18)8-10-9-16(3)11-6-5-7-12(19-4)13(10)11/h5-7,10H,8-9H2,1-4H3,(H,17,18). The van der Waals surface area contributed by atoms with E-state index in [2.05, 4.69) is 11.0 Å². The van der Waals surface area contributed by atoms with Crippen LogP contribution in [0, 0.1) is 5.41 Å². The van der Waals surface area contributed by atoms with Crippen LogP contribution in [-0.2, 0) is 4.79 Å². The second-order valence-corrected chi connectivity index (χ2v) is 5.86. The highest BCUT2D eigenvalue weighted by Gasteiger charge is 2.37. The lowest BCUT2D eigenvalue weighted by molar-refractivity contribution is -0.147. The first-order valence-electron chi connectivity index (χ1n) is 6.48. The predicted octanol–water partition coefficient (Wildman–Crippen LogP) is 2.73. The topological polar surface area (TPSA) is 49.8 Å². The number of carbonyl (C=O) groups is 1. The number of carboxylic acid groups (broad SMARTS) is 1. The molecule has 1 aromatic carbocycles. The molecule has 1 atom stereocenters. The summed E-state index contributed by atoms with van der Waals surface area (Å²) in [5.74, 6) is 0.300. The van der Waals surface area contributed by atoms with Crippen molar-refractivity contribution in [1.29, 1.82) is 0 Å². The highest BCUT2D eigenvalue weighted by molar-refractivity contribution is 5.74. The van der Waals surface area contributed by atoms with E-state index in [1.54, 1.807) is 21.0 Å². The molecule has 1 aromatic rings. The first kappa shape index (κ1) is 13.7. The Morgan fingerprint density at radius 2 is 2.21 bits per heavy atom. The number of carboxylic acids is 1. The van der Waals surface area contributed by atoms with E-state index in [1.165, 1.54) is 0 Å². The lowest BCUT2D eigenvalue weighted by atomic mass is 9.80. The highest BCUT2D eigenvalue weighted by atomic mass is 16.5. The summed E-state index contributed by atoms with van der Waals surface area (Å²) in [5, 5.41) is 9.30. The molecule has 0 saturated heterocycles. The Bertz CT molecular complexity index is 496. The average Bonchev–Trinajstić information content (AvgIpc) is 2.65. The summed E-state index contributed by atoms with van der Waals surface area (Å²) in [6, 6.07) is 5.98. The Morgan fingerprint density at radius 3 is 2.79 bits per heavy atom. The molecule has 1 heterocycles. The van der Waals surface area contributed by atoms with Crippen LogP contribution in [0.2, 0.25) is 0 Å². The van der Waals surface area contributed by atoms with Gasteiger partial charge in [-0.3, -0.25) is 4.79 Å². The molecule has 0 aromatic heterocycles. The fourth-order valence-electron chi connectivity index (χ4n) is 2.84. The van der Waals surface area contributed by atoms with Gasteiger partial charge in [0.25, 0.3) is 0 Å². The van der Waals surface area contributed by atoms with E-state index in [0.717, 1.165) is 23.5 Å². The third-order valence-corrected chi connectivity index (χ3v) is 3.91. The van der Waals surface area contributed by atoms with Crippen LogP contribution in [0.4, 0.5) is 5.69 Å². The summed E-state index contributed by atoms with van der Waals surface area (Å²) in [7, 11) is 3.69. The summed E-state index contributed by atoms with van der Waals surface area (Å²) in [6.45, 7) is 4.40. The molecule has 1 aliphatic rings. The van der Waals surface area contributed by atoms with Crippen LogP contribution in [-0.4, -0.2) is 31.8 Å². The summed E-state index contributed by atoms with van der Waals surface area (Å²) in [4.78, 5) is 13.5. The molecule has 4 nitrogen and oxygen atoms in total. The second kappa shape index (κ2) is 4.76. The van der Waals surface area contributed by atoms with Crippen molar-refractivity contribution in [3.8, 4) is 5.75 Å². The quantitative estimate of drug-likeness (QED) is 0.907. The SMILES string of the molecule is COc1cccc2c1C(CC(C)(C)C(=O)O)CN2C. The Hall–Kier alpha value is -1.71. The van der Waals surface area contributed by atoms with Gasteiger partial charge in [0.05, 0.1) is 12.5 Å². The van der Waals surface area contributed by atoms with E-state index >= 15 is 0 Å². The molecule has 104 valence electrons. The number of rotatable bonds is 4. The Labute approximate surface area is 114 Å². The molecule has 0 bridgehead atoms. The zero-order chi connectivity index (χ0) is 14.2. The maximum Gasteiger partial charge on any atom is 0.309 e. The minimum atomic E-state index is -0.751. The van der Waals surface area contributed by atoms with Crippen LogP contribution in [0.1, 0.15) is 31.7 Å². The number of benzene rings is 1. The molecule has 2 rings (SSSR count). The molecular weight excluding hydrogens is 242 g/mol. The van der Waals surface area contributed by atoms with Crippen LogP contribution in [0.3, 0.4) is 0 Å². The number of aliphatic carboxylic acids is 1. The molecule has 1 aliphatic heterocycles. The van der Waals surface area contributed by atoms with E-state index in [4.69, 9.17) is 4.74 Å². The van der Waals surface area contributed by atoms with Gasteiger partial charge in [-0.2, -0.15) is 0 Å². The van der Waals surface area contributed by atoms with Gasteiger partial charge < -0.3 is 14.7 Å². The van der Waals surface area contributed by atoms with Gasteiger partial charge in [0, 0.05) is 30.8 Å². The summed E-state index contributed by atoms with van der Waals surface area (Å²) in [5.41, 5.74) is 1.56. The van der Waals surface area contributed by atoms with Crippen molar-refractivity contribution in [1.82, 2.24) is 0 Å². The normalized spacial score (nSPS) is 18.3. The molecule has 0 fully saturated rings. The molecule has 1 unspecified atom stereocenters. The minimum absolute atomic E-state index is 0.197. The number of hydrogen-bond donors (Lipinski definition) is 1. The van der Waals surface area contributed by atoms with E-state index in [1.807, 2.05) is 19.2 Å². The summed E-state index contributed by atoms with van der Waals surface area (Å²) < 4.78 is 5.44. The number of hydrogen-bond acceptors (Lipinski definition) is 3. The van der Waals surface area contributed by atoms with Gasteiger partial charge in [0.15, 0.2) is 0 Å². The van der Waals surface area contributed by atoms with Crippen molar-refractivity contribution in [3.63, 3.8) is 0 Å². The zero-order valence-electron chi connectivity index (χ0n) is 11.9. The molecule has 0 spiro atoms. The van der Waals surface area contributed by atoms with E-state index in [0.29, 0.717) is 6.42 Å². The average molecular weight is 263 g/mol. The maximum atomic E-state index is 11.3. The minimum Gasteiger partial charge on any atom is -0.496 e. The lowest BCUT2D eigenvalue weighted by Crippen LogP contribution is -2.27. The van der Waals surface area contributed by atoms with Crippen LogP contribution >= 0.6 is 0 Å². The lowest BCUT2D eigenvalue weighted by Gasteiger charge is -2.24. The van der Waals surface area contributed by atoms with Gasteiger partial charge in [0.2, 0.25) is 0 Å². The van der Waals surface area contributed by atoms with Gasteiger partial charge in [0.1, 0.15) is 5.75 Å². The van der Waals surface area contributed by atoms with Crippen LogP contribution in [0.15, 0.2) is 18.2 Å². The Kier molecular flexibility index (Phi) is 3.43. The first-order chi connectivity index (χ1) is 8.86. The van der Waals surface area contributed by atoms with Crippen LogP contribution in [0.25, 0.3) is 0 Å². The molecule has 0 amide bonds. The van der Waals surface area contributed by atoms with Gasteiger partial charge in [-0.1, -0.05) is 6.07 Å². The third-order valence-electron chi connectivity index (χ3n) is 3.91. The molecule has 4 heteroatoms. The predicted molar refractivity (Wildman–Crippen MR) is 75.0 cm³/mol. The molecule has 0 aliphatic carbocycles. The van der Waals surface area contributed by atoms with Gasteiger partial charge in [-0.05, 0) is 32.4 Å². The second-order valence-electron chi connectivity index (χ2n) is 5.86. The largest absolute Gasteiger partial charge is 0.496 e. The zero-order valence-corrected chi connectivity index (χ0v) is 11.9. The monoisotopic (exact) mass is 263 g/mol. The number of methoxy groups -OCH3 is 1. The van der Waals surface area contributed by atoms with Crippen LogP contribution in [0.5, 0.6) is 5.75 Å². The number of anilines is 1. The van der Waals surface area contributed by atoms with Crippen molar-refractivity contribution in [2.75, 3.05) is 25.6 Å². The van der Waals surface area contributed by atoms with E-state index in [9.17, 15) is 9.90 Å². The van der Waals surface area contributed by atoms with Gasteiger partial charge >= 0.3 is 5.97 Å². The van der Waals surface area contributed by atoms with Crippen LogP contribution < -0.4 is 9.64 Å². The number of fused-ring (bicyclic) bond motifs is 1. The summed E-state index contributed by atoms with van der Waals surface area (Å²) >= 11 is 0. The Morgan fingerprint density at radius 1 is 1.53 bits per heavy atom. The highest BCUT2D eigenvalue weighted by Crippen LogP contribution is 2.46. The fraction of sp³-hybridized carbons (Fsp3) is 0.533. The number of ether oxygens (including phenoxy) is 1. The van der Waals surface area contributed by atoms with Crippen molar-refractivity contribution < 1.29 is 14.6 Å². The molecular formula is C15H21NO3. The molecule has 0 radical (unpaired) electrons. The van der Waals surface area contributed by atoms with Crippen molar-refractivity contribution >= 4 is 11.7 Å². The maximum absolute atomic E-state index is 11.3.